The second kappa shape index (κ2) is 7.75. The highest BCUT2D eigenvalue weighted by molar-refractivity contribution is 6.30. The number of rotatable bonds is 2. The maximum absolute atomic E-state index is 12.5. The van der Waals surface area contributed by atoms with Crippen molar-refractivity contribution >= 4 is 29.1 Å². The number of nitrogens with zero attached hydrogens (tertiary/aromatic N) is 1. The molecule has 0 unspecified atom stereocenters. The maximum Gasteiger partial charge on any atom is 0.268 e. The van der Waals surface area contributed by atoms with Gasteiger partial charge in [-0.25, -0.2) is 0 Å². The molecular weight excluding hydrogens is 371 g/mol. The summed E-state index contributed by atoms with van der Waals surface area (Å²) in [6.45, 7) is 0. The molecule has 26 heavy (non-hydrogen) atoms. The zero-order valence-corrected chi connectivity index (χ0v) is 15.9. The lowest BCUT2D eigenvalue weighted by molar-refractivity contribution is 0.0451. The second-order valence-corrected chi connectivity index (χ2v) is 7.48. The third-order valence-electron chi connectivity index (χ3n) is 4.62. The topological polar surface area (TPSA) is 54.3 Å². The molecule has 3 rings (SSSR count). The van der Waals surface area contributed by atoms with Crippen LogP contribution in [0.15, 0.2) is 36.4 Å². The van der Waals surface area contributed by atoms with Crippen LogP contribution in [0.25, 0.3) is 0 Å². The van der Waals surface area contributed by atoms with Gasteiger partial charge in [-0.15, -0.1) is 0 Å². The molecule has 2 aromatic rings. The van der Waals surface area contributed by atoms with Gasteiger partial charge in [-0.05, 0) is 49.6 Å². The SMILES string of the molecule is Cn1c(Cl)ccc1C(=O)N[C@@H]1CCC[C@](O)(C#Cc2cccc(Cl)c2)C1. The molecule has 0 radical (unpaired) electrons. The molecule has 1 amide bonds. The Kier molecular flexibility index (Phi) is 5.62. The summed E-state index contributed by atoms with van der Waals surface area (Å²) in [5.74, 6) is 5.77. The van der Waals surface area contributed by atoms with Crippen molar-refractivity contribution in [1.29, 1.82) is 0 Å². The third-order valence-corrected chi connectivity index (χ3v) is 5.23. The first-order chi connectivity index (χ1) is 12.4. The van der Waals surface area contributed by atoms with Crippen molar-refractivity contribution in [2.45, 2.75) is 37.3 Å². The molecule has 0 aliphatic heterocycles. The van der Waals surface area contributed by atoms with Crippen molar-refractivity contribution < 1.29 is 9.90 Å². The van der Waals surface area contributed by atoms with Gasteiger partial charge in [0.15, 0.2) is 0 Å². The fourth-order valence-electron chi connectivity index (χ4n) is 3.22. The molecular formula is C20H20Cl2N2O2. The lowest BCUT2D eigenvalue weighted by atomic mass is 9.82. The molecule has 4 nitrogen and oxygen atoms in total. The van der Waals surface area contributed by atoms with Gasteiger partial charge in [-0.1, -0.05) is 41.1 Å². The molecule has 0 saturated heterocycles. The largest absolute Gasteiger partial charge is 0.378 e. The number of hydrogen-bond acceptors (Lipinski definition) is 2. The summed E-state index contributed by atoms with van der Waals surface area (Å²) in [6.07, 6.45) is 2.58. The molecule has 1 aliphatic rings. The van der Waals surface area contributed by atoms with E-state index in [2.05, 4.69) is 17.2 Å². The van der Waals surface area contributed by atoms with Crippen LogP contribution in [0.5, 0.6) is 0 Å². The van der Waals surface area contributed by atoms with Crippen molar-refractivity contribution in [3.8, 4) is 11.8 Å². The summed E-state index contributed by atoms with van der Waals surface area (Å²) in [6, 6.07) is 10.5. The Morgan fingerprint density at radius 3 is 2.85 bits per heavy atom. The van der Waals surface area contributed by atoms with Gasteiger partial charge in [0.05, 0.1) is 0 Å². The number of halogens is 2. The van der Waals surface area contributed by atoms with Gasteiger partial charge in [0.2, 0.25) is 0 Å². The number of amides is 1. The number of nitrogens with one attached hydrogen (secondary N) is 1. The van der Waals surface area contributed by atoms with Crippen LogP contribution in [0.1, 0.15) is 41.7 Å². The first kappa shape index (κ1) is 18.8. The Bertz CT molecular complexity index is 881. The number of hydrogen-bond donors (Lipinski definition) is 2. The Balaban J connectivity index is 1.69. The average molecular weight is 391 g/mol. The zero-order chi connectivity index (χ0) is 18.7. The van der Waals surface area contributed by atoms with E-state index in [9.17, 15) is 9.90 Å². The number of aliphatic hydroxyl groups is 1. The van der Waals surface area contributed by atoms with Crippen LogP contribution in [0.3, 0.4) is 0 Å². The molecule has 136 valence electrons. The van der Waals surface area contributed by atoms with Crippen LogP contribution in [-0.2, 0) is 7.05 Å². The van der Waals surface area contributed by atoms with E-state index < -0.39 is 5.60 Å². The lowest BCUT2D eigenvalue weighted by Crippen LogP contribution is -2.45. The van der Waals surface area contributed by atoms with Crippen molar-refractivity contribution in [1.82, 2.24) is 9.88 Å². The number of carbonyl (C=O) groups is 1. The Hall–Kier alpha value is -1.93. The van der Waals surface area contributed by atoms with Crippen molar-refractivity contribution in [3.05, 3.63) is 57.8 Å². The molecule has 6 heteroatoms. The number of carbonyl (C=O) groups excluding carboxylic acids is 1. The zero-order valence-electron chi connectivity index (χ0n) is 14.4. The van der Waals surface area contributed by atoms with Gasteiger partial charge in [-0.3, -0.25) is 4.79 Å². The summed E-state index contributed by atoms with van der Waals surface area (Å²) in [5, 5.41) is 14.9. The van der Waals surface area contributed by atoms with Crippen molar-refractivity contribution in [2.24, 2.45) is 7.05 Å². The predicted octanol–water partition coefficient (Wildman–Crippen LogP) is 3.79. The molecule has 1 aliphatic carbocycles. The Morgan fingerprint density at radius 2 is 2.15 bits per heavy atom. The standard InChI is InChI=1S/C20H20Cl2N2O2/c1-24-17(7-8-18(24)22)19(25)23-16-6-3-10-20(26,13-16)11-9-14-4-2-5-15(21)12-14/h2,4-5,7-8,12,16,26H,3,6,10,13H2,1H3,(H,23,25)/t16-,20+/m1/s1. The summed E-state index contributed by atoms with van der Waals surface area (Å²) in [5.41, 5.74) is 0.134. The Morgan fingerprint density at radius 1 is 1.35 bits per heavy atom. The van der Waals surface area contributed by atoms with E-state index in [1.165, 1.54) is 0 Å². The van der Waals surface area contributed by atoms with E-state index >= 15 is 0 Å². The summed E-state index contributed by atoms with van der Waals surface area (Å²) in [4.78, 5) is 12.5. The van der Waals surface area contributed by atoms with E-state index in [4.69, 9.17) is 23.2 Å². The van der Waals surface area contributed by atoms with E-state index in [0.717, 1.165) is 18.4 Å². The molecule has 1 heterocycles. The summed E-state index contributed by atoms with van der Waals surface area (Å²) < 4.78 is 1.63. The van der Waals surface area contributed by atoms with Gasteiger partial charge < -0.3 is 15.0 Å². The Labute approximate surface area is 163 Å². The highest BCUT2D eigenvalue weighted by Gasteiger charge is 2.33. The minimum absolute atomic E-state index is 0.136. The monoisotopic (exact) mass is 390 g/mol. The molecule has 1 aromatic heterocycles. The van der Waals surface area contributed by atoms with Crippen LogP contribution in [0, 0.1) is 11.8 Å². The molecule has 0 bridgehead atoms. The fourth-order valence-corrected chi connectivity index (χ4v) is 3.56. The van der Waals surface area contributed by atoms with Gasteiger partial charge in [0.25, 0.3) is 5.91 Å². The minimum Gasteiger partial charge on any atom is -0.378 e. The van der Waals surface area contributed by atoms with E-state index in [-0.39, 0.29) is 11.9 Å². The van der Waals surface area contributed by atoms with Crippen molar-refractivity contribution in [2.75, 3.05) is 0 Å². The predicted molar refractivity (Wildman–Crippen MR) is 103 cm³/mol. The van der Waals surface area contributed by atoms with Gasteiger partial charge in [0, 0.05) is 30.1 Å². The molecule has 1 aromatic carbocycles. The van der Waals surface area contributed by atoms with E-state index in [1.54, 1.807) is 35.9 Å². The highest BCUT2D eigenvalue weighted by atomic mass is 35.5. The molecule has 2 N–H and O–H groups in total. The minimum atomic E-state index is -1.12. The van der Waals surface area contributed by atoms with Crippen LogP contribution >= 0.6 is 23.2 Å². The third kappa shape index (κ3) is 4.42. The fraction of sp³-hybridized carbons (Fsp3) is 0.350. The van der Waals surface area contributed by atoms with Gasteiger partial charge in [0.1, 0.15) is 16.4 Å². The van der Waals surface area contributed by atoms with Crippen LogP contribution in [0.4, 0.5) is 0 Å². The molecule has 1 saturated carbocycles. The first-order valence-electron chi connectivity index (χ1n) is 8.49. The molecule has 1 fully saturated rings. The number of benzene rings is 1. The quantitative estimate of drug-likeness (QED) is 0.766. The molecule has 0 spiro atoms. The van der Waals surface area contributed by atoms with Gasteiger partial charge >= 0.3 is 0 Å². The first-order valence-corrected chi connectivity index (χ1v) is 9.25. The summed E-state index contributed by atoms with van der Waals surface area (Å²) >= 11 is 12.0. The van der Waals surface area contributed by atoms with Gasteiger partial charge in [-0.2, -0.15) is 0 Å². The molecule has 2 atom stereocenters. The van der Waals surface area contributed by atoms with Crippen LogP contribution in [0.2, 0.25) is 10.2 Å². The average Bonchev–Trinajstić information content (AvgIpc) is 2.93. The van der Waals surface area contributed by atoms with E-state index in [1.807, 2.05) is 12.1 Å². The van der Waals surface area contributed by atoms with Crippen LogP contribution < -0.4 is 5.32 Å². The van der Waals surface area contributed by atoms with E-state index in [0.29, 0.717) is 28.7 Å². The van der Waals surface area contributed by atoms with Crippen molar-refractivity contribution in [3.63, 3.8) is 0 Å². The smallest absolute Gasteiger partial charge is 0.268 e. The van der Waals surface area contributed by atoms with Crippen LogP contribution in [-0.4, -0.2) is 27.2 Å². The maximum atomic E-state index is 12.5. The highest BCUT2D eigenvalue weighted by Crippen LogP contribution is 2.28. The lowest BCUT2D eigenvalue weighted by Gasteiger charge is -2.33. The number of aromatic nitrogens is 1. The normalized spacial score (nSPS) is 22.4. The summed E-state index contributed by atoms with van der Waals surface area (Å²) in [7, 11) is 1.74. The second-order valence-electron chi connectivity index (χ2n) is 6.66.